The molecule has 0 amide bonds. The molecule has 2 unspecified atom stereocenters. The Kier molecular flexibility index (Phi) is 5.33. The van der Waals surface area contributed by atoms with Crippen LogP contribution in [0, 0.1) is 12.7 Å². The van der Waals surface area contributed by atoms with Crippen molar-refractivity contribution in [3.8, 4) is 33.6 Å². The molecule has 184 valence electrons. The normalized spacial score (nSPS) is 17.6. The van der Waals surface area contributed by atoms with Crippen molar-refractivity contribution in [1.82, 2.24) is 0 Å². The first-order chi connectivity index (χ1) is 18.6. The van der Waals surface area contributed by atoms with Crippen LogP contribution in [0.25, 0.3) is 39.3 Å². The summed E-state index contributed by atoms with van der Waals surface area (Å²) in [5.41, 5.74) is 11.4. The van der Waals surface area contributed by atoms with E-state index in [2.05, 4.69) is 101 Å². The van der Waals surface area contributed by atoms with Crippen LogP contribution < -0.4 is 9.13 Å². The van der Waals surface area contributed by atoms with Crippen LogP contribution in [-0.2, 0) is 6.42 Å². The van der Waals surface area contributed by atoms with Gasteiger partial charge in [0.25, 0.3) is 0 Å². The molecule has 0 aliphatic carbocycles. The van der Waals surface area contributed by atoms with Gasteiger partial charge in [-0.15, -0.1) is 0 Å². The zero-order valence-electron chi connectivity index (χ0n) is 21.4. The number of allylic oxidation sites excluding steroid dienone is 1. The average molecular weight is 497 g/mol. The van der Waals surface area contributed by atoms with Crippen LogP contribution in [0.3, 0.4) is 0 Å². The molecule has 38 heavy (non-hydrogen) atoms. The minimum atomic E-state index is -0.215. The highest BCUT2D eigenvalue weighted by molar-refractivity contribution is 5.71. The van der Waals surface area contributed by atoms with Crippen LogP contribution in [0.4, 0.5) is 4.39 Å². The van der Waals surface area contributed by atoms with E-state index in [1.54, 1.807) is 12.1 Å². The average Bonchev–Trinajstić information content (AvgIpc) is 3.00. The van der Waals surface area contributed by atoms with Gasteiger partial charge in [-0.25, -0.2) is 4.39 Å². The second-order valence-corrected chi connectivity index (χ2v) is 10.5. The van der Waals surface area contributed by atoms with Gasteiger partial charge in [-0.05, 0) is 72.9 Å². The van der Waals surface area contributed by atoms with Gasteiger partial charge in [-0.1, -0.05) is 54.6 Å². The largest absolute Gasteiger partial charge is 0.249 e. The van der Waals surface area contributed by atoms with E-state index >= 15 is 0 Å². The summed E-state index contributed by atoms with van der Waals surface area (Å²) >= 11 is 0. The van der Waals surface area contributed by atoms with Gasteiger partial charge >= 0.3 is 0 Å². The lowest BCUT2D eigenvalue weighted by molar-refractivity contribution is -0.727. The predicted octanol–water partition coefficient (Wildman–Crippen LogP) is 7.47. The van der Waals surface area contributed by atoms with Crippen LogP contribution in [0.5, 0.6) is 0 Å². The van der Waals surface area contributed by atoms with E-state index in [0.29, 0.717) is 0 Å². The quantitative estimate of drug-likeness (QED) is 0.213. The van der Waals surface area contributed by atoms with Crippen LogP contribution in [-0.4, -0.2) is 0 Å². The number of pyridine rings is 2. The SMILES string of the molecule is C=C1C2C(CCc3ccc(F)cc3-c3cc(C)c(-c4ccccc4)c[n+]31)c1ccccc1-c1cccc[n+]12. The molecule has 2 aromatic heterocycles. The summed E-state index contributed by atoms with van der Waals surface area (Å²) in [5.74, 6) is 0.0175. The topological polar surface area (TPSA) is 7.76 Å². The fraction of sp³-hybridized carbons (Fsp3) is 0.143. The molecular formula is C35H29FN2+2. The van der Waals surface area contributed by atoms with E-state index in [1.165, 1.54) is 22.4 Å². The molecule has 3 aromatic carbocycles. The minimum Gasteiger partial charge on any atom is -0.207 e. The number of nitrogens with zero attached hydrogens (tertiary/aromatic N) is 2. The third-order valence-corrected chi connectivity index (χ3v) is 8.31. The lowest BCUT2D eigenvalue weighted by Gasteiger charge is -2.29. The van der Waals surface area contributed by atoms with E-state index in [0.717, 1.165) is 46.5 Å². The summed E-state index contributed by atoms with van der Waals surface area (Å²) in [6.45, 7) is 6.90. The number of benzene rings is 3. The van der Waals surface area contributed by atoms with Crippen molar-refractivity contribution in [2.24, 2.45) is 0 Å². The molecule has 0 spiro atoms. The van der Waals surface area contributed by atoms with Gasteiger partial charge in [-0.2, -0.15) is 9.13 Å². The van der Waals surface area contributed by atoms with Gasteiger partial charge in [-0.3, -0.25) is 0 Å². The fourth-order valence-corrected chi connectivity index (χ4v) is 6.53. The Hall–Kier alpha value is -4.37. The zero-order chi connectivity index (χ0) is 25.8. The number of aryl methyl sites for hydroxylation is 2. The first-order valence-electron chi connectivity index (χ1n) is 13.3. The first kappa shape index (κ1) is 22.8. The van der Waals surface area contributed by atoms with E-state index < -0.39 is 0 Å². The number of hydrogen-bond donors (Lipinski definition) is 0. The van der Waals surface area contributed by atoms with Crippen LogP contribution >= 0.6 is 0 Å². The molecule has 5 aromatic rings. The summed E-state index contributed by atoms with van der Waals surface area (Å²) < 4.78 is 19.3. The third-order valence-electron chi connectivity index (χ3n) is 8.31. The van der Waals surface area contributed by atoms with Crippen molar-refractivity contribution < 1.29 is 13.5 Å². The van der Waals surface area contributed by atoms with E-state index in [1.807, 2.05) is 12.1 Å². The molecule has 0 bridgehead atoms. The highest BCUT2D eigenvalue weighted by Crippen LogP contribution is 2.45. The summed E-state index contributed by atoms with van der Waals surface area (Å²) in [6, 6.07) is 33.1. The molecule has 0 N–H and O–H groups in total. The molecule has 4 heterocycles. The van der Waals surface area contributed by atoms with Gasteiger partial charge in [0.05, 0.1) is 11.5 Å². The van der Waals surface area contributed by atoms with Gasteiger partial charge in [0.15, 0.2) is 12.4 Å². The van der Waals surface area contributed by atoms with Gasteiger partial charge in [0.1, 0.15) is 5.82 Å². The maximum absolute atomic E-state index is 14.7. The number of halogens is 1. The molecule has 3 heteroatoms. The highest BCUT2D eigenvalue weighted by atomic mass is 19.1. The smallest absolute Gasteiger partial charge is 0.207 e. The Balaban J connectivity index is 1.53. The second-order valence-electron chi connectivity index (χ2n) is 10.5. The van der Waals surface area contributed by atoms with Crippen LogP contribution in [0.1, 0.15) is 35.1 Å². The Morgan fingerprint density at radius 2 is 1.58 bits per heavy atom. The molecule has 0 saturated carbocycles. The van der Waals surface area contributed by atoms with E-state index in [4.69, 9.17) is 6.58 Å². The van der Waals surface area contributed by atoms with Gasteiger partial charge in [0.2, 0.25) is 23.1 Å². The van der Waals surface area contributed by atoms with Crippen molar-refractivity contribution in [2.75, 3.05) is 0 Å². The summed E-state index contributed by atoms with van der Waals surface area (Å²) in [5, 5.41) is 0. The monoisotopic (exact) mass is 496 g/mol. The van der Waals surface area contributed by atoms with Crippen LogP contribution in [0.2, 0.25) is 0 Å². The molecule has 2 atom stereocenters. The number of rotatable bonds is 1. The molecule has 0 radical (unpaired) electrons. The Labute approximate surface area is 223 Å². The minimum absolute atomic E-state index is 0.0235. The van der Waals surface area contributed by atoms with Crippen molar-refractivity contribution in [2.45, 2.75) is 31.7 Å². The number of aromatic nitrogens is 2. The van der Waals surface area contributed by atoms with Crippen LogP contribution in [0.15, 0.2) is 116 Å². The van der Waals surface area contributed by atoms with Gasteiger partial charge in [0, 0.05) is 29.3 Å². The standard InChI is InChI=1S/C35H29FN2/c1-23-20-34-31-21-27(36)17-15-26(31)16-18-30-28-12-6-7-13-29(28)33-14-8-9-19-37(33)35(30)24(2)38(34)22-32(23)25-10-4-3-5-11-25/h3-15,17,19-22,30,35H,2,16,18H2,1H3/q+2. The fourth-order valence-electron chi connectivity index (χ4n) is 6.53. The van der Waals surface area contributed by atoms with Crippen molar-refractivity contribution >= 4 is 5.70 Å². The van der Waals surface area contributed by atoms with E-state index in [-0.39, 0.29) is 17.8 Å². The van der Waals surface area contributed by atoms with Crippen molar-refractivity contribution in [3.63, 3.8) is 0 Å². The maximum atomic E-state index is 14.7. The Morgan fingerprint density at radius 1 is 0.789 bits per heavy atom. The number of fused-ring (bicyclic) bond motifs is 9. The molecule has 7 rings (SSSR count). The first-order valence-corrected chi connectivity index (χ1v) is 13.3. The Morgan fingerprint density at radius 3 is 2.45 bits per heavy atom. The second kappa shape index (κ2) is 8.88. The summed E-state index contributed by atoms with van der Waals surface area (Å²) in [7, 11) is 0. The molecular weight excluding hydrogens is 467 g/mol. The molecule has 2 aliphatic heterocycles. The van der Waals surface area contributed by atoms with Crippen molar-refractivity contribution in [3.05, 3.63) is 139 Å². The van der Waals surface area contributed by atoms with E-state index in [9.17, 15) is 4.39 Å². The lowest BCUT2D eigenvalue weighted by Crippen LogP contribution is -2.53. The maximum Gasteiger partial charge on any atom is 0.249 e. The molecule has 0 fully saturated rings. The van der Waals surface area contributed by atoms with Gasteiger partial charge < -0.3 is 0 Å². The molecule has 0 saturated heterocycles. The molecule has 2 aliphatic rings. The Bertz CT molecular complexity index is 1720. The third kappa shape index (κ3) is 3.53. The lowest BCUT2D eigenvalue weighted by atomic mass is 9.78. The number of hydrogen-bond acceptors (Lipinski definition) is 0. The summed E-state index contributed by atoms with van der Waals surface area (Å²) in [4.78, 5) is 0. The molecule has 2 nitrogen and oxygen atoms in total. The van der Waals surface area contributed by atoms with Crippen molar-refractivity contribution in [1.29, 1.82) is 0 Å². The summed E-state index contributed by atoms with van der Waals surface area (Å²) in [6.07, 6.45) is 6.20. The highest BCUT2D eigenvalue weighted by Gasteiger charge is 2.46. The predicted molar refractivity (Wildman–Crippen MR) is 150 cm³/mol. The zero-order valence-corrected chi connectivity index (χ0v) is 21.4.